The first-order valence-corrected chi connectivity index (χ1v) is 17.5. The second-order valence-corrected chi connectivity index (χ2v) is 12.6. The molecule has 266 valence electrons. The third-order valence-corrected chi connectivity index (χ3v) is 8.26. The molecule has 0 unspecified atom stereocenters. The number of likely N-dealkylation sites (N-methyl/N-ethyl adjacent to an activating group) is 1. The number of piperidine rings is 1. The van der Waals surface area contributed by atoms with Gasteiger partial charge in [-0.2, -0.15) is 0 Å². The van der Waals surface area contributed by atoms with Crippen molar-refractivity contribution in [2.24, 2.45) is 0 Å². The van der Waals surface area contributed by atoms with Crippen molar-refractivity contribution in [2.75, 3.05) is 64.1 Å². The second kappa shape index (κ2) is 19.6. The minimum Gasteiger partial charge on any atom is -0.490 e. The normalized spacial score (nSPS) is 13.6. The Hall–Kier alpha value is -4.35. The molecule has 3 aromatic carbocycles. The first-order chi connectivity index (χ1) is 23.7. The molecule has 0 aliphatic carbocycles. The molecule has 3 N–H and O–H groups in total. The fraction of sp³-hybridized carbons (Fsp3) is 0.474. The van der Waals surface area contributed by atoms with E-state index >= 15 is 4.39 Å². The van der Waals surface area contributed by atoms with Crippen LogP contribution in [0.4, 0.5) is 20.6 Å². The average molecular weight is 678 g/mol. The number of amides is 3. The zero-order valence-corrected chi connectivity index (χ0v) is 29.4. The number of hydrogen-bond acceptors (Lipinski definition) is 7. The molecule has 1 aliphatic heterocycles. The van der Waals surface area contributed by atoms with Crippen LogP contribution < -0.4 is 30.2 Å². The second-order valence-electron chi connectivity index (χ2n) is 12.6. The van der Waals surface area contributed by atoms with Gasteiger partial charge in [0.15, 0.2) is 11.5 Å². The van der Waals surface area contributed by atoms with Crippen LogP contribution in [0.15, 0.2) is 60.7 Å². The number of nitrogens with zero attached hydrogens (tertiary/aromatic N) is 2. The summed E-state index contributed by atoms with van der Waals surface area (Å²) >= 11 is 0. The quantitative estimate of drug-likeness (QED) is 0.118. The van der Waals surface area contributed by atoms with E-state index in [4.69, 9.17) is 14.2 Å². The molecule has 0 spiro atoms. The van der Waals surface area contributed by atoms with Crippen molar-refractivity contribution in [2.45, 2.75) is 64.9 Å². The summed E-state index contributed by atoms with van der Waals surface area (Å²) in [5, 5.41) is 8.32. The van der Waals surface area contributed by atoms with Crippen molar-refractivity contribution in [1.82, 2.24) is 15.1 Å². The minimum absolute atomic E-state index is 0.0273. The fourth-order valence-electron chi connectivity index (χ4n) is 5.37. The molecule has 4 rings (SSSR count). The Kier molecular flexibility index (Phi) is 15.0. The van der Waals surface area contributed by atoms with E-state index in [-0.39, 0.29) is 23.6 Å². The van der Waals surface area contributed by atoms with E-state index in [2.05, 4.69) is 34.7 Å². The molecule has 11 heteroatoms. The Morgan fingerprint density at radius 2 is 1.61 bits per heavy atom. The van der Waals surface area contributed by atoms with Crippen LogP contribution in [0, 0.1) is 5.82 Å². The molecule has 0 radical (unpaired) electrons. The summed E-state index contributed by atoms with van der Waals surface area (Å²) in [5.74, 6) is 0.610. The minimum atomic E-state index is -0.649. The summed E-state index contributed by atoms with van der Waals surface area (Å²) in [6, 6.07) is 15.9. The lowest BCUT2D eigenvalue weighted by molar-refractivity contribution is 0.0996. The molecule has 0 aromatic heterocycles. The van der Waals surface area contributed by atoms with Gasteiger partial charge in [-0.25, -0.2) is 9.18 Å². The maximum Gasteiger partial charge on any atom is 0.319 e. The van der Waals surface area contributed by atoms with Crippen LogP contribution in [0.5, 0.6) is 23.0 Å². The molecule has 0 bridgehead atoms. The number of carbonyl (C=O) groups excluding carboxylic acids is 2. The number of likely N-dealkylation sites (tertiary alicyclic amines) is 1. The molecule has 1 fully saturated rings. The van der Waals surface area contributed by atoms with Crippen molar-refractivity contribution in [3.05, 3.63) is 72.0 Å². The van der Waals surface area contributed by atoms with Gasteiger partial charge in [0.2, 0.25) is 0 Å². The van der Waals surface area contributed by atoms with E-state index < -0.39 is 11.7 Å². The lowest BCUT2D eigenvalue weighted by atomic mass is 10.1. The number of ether oxygens (including phenoxy) is 3. The number of benzene rings is 3. The molecule has 3 aromatic rings. The Labute approximate surface area is 290 Å². The Bertz CT molecular complexity index is 1480. The monoisotopic (exact) mass is 677 g/mol. The van der Waals surface area contributed by atoms with E-state index in [0.29, 0.717) is 42.4 Å². The average Bonchev–Trinajstić information content (AvgIpc) is 3.09. The topological polar surface area (TPSA) is 104 Å². The highest BCUT2D eigenvalue weighted by Gasteiger charge is 2.20. The van der Waals surface area contributed by atoms with Crippen LogP contribution in [0.1, 0.15) is 69.2 Å². The molecule has 3 amide bonds. The van der Waals surface area contributed by atoms with E-state index in [1.54, 1.807) is 48.5 Å². The van der Waals surface area contributed by atoms with Gasteiger partial charge in [-0.15, -0.1) is 0 Å². The summed E-state index contributed by atoms with van der Waals surface area (Å²) in [5.41, 5.74) is 0.955. The number of anilines is 2. The van der Waals surface area contributed by atoms with E-state index in [0.717, 1.165) is 57.5 Å². The van der Waals surface area contributed by atoms with Crippen molar-refractivity contribution >= 4 is 23.3 Å². The summed E-state index contributed by atoms with van der Waals surface area (Å²) in [4.78, 5) is 29.8. The van der Waals surface area contributed by atoms with Gasteiger partial charge in [-0.05, 0) is 94.9 Å². The van der Waals surface area contributed by atoms with Crippen molar-refractivity contribution < 1.29 is 28.2 Å². The van der Waals surface area contributed by atoms with Gasteiger partial charge >= 0.3 is 6.03 Å². The van der Waals surface area contributed by atoms with Gasteiger partial charge in [0.05, 0.1) is 5.69 Å². The van der Waals surface area contributed by atoms with Gasteiger partial charge in [-0.1, -0.05) is 33.1 Å². The first-order valence-electron chi connectivity index (χ1n) is 17.5. The number of unbranched alkanes of at least 4 members (excludes halogenated alkanes) is 3. The molecular formula is C38H52FN5O5. The Morgan fingerprint density at radius 1 is 0.878 bits per heavy atom. The summed E-state index contributed by atoms with van der Waals surface area (Å²) < 4.78 is 33.3. The van der Waals surface area contributed by atoms with Crippen LogP contribution in [0.25, 0.3) is 0 Å². The summed E-state index contributed by atoms with van der Waals surface area (Å²) in [7, 11) is 3.88. The van der Waals surface area contributed by atoms with E-state index in [1.807, 2.05) is 19.0 Å². The molecule has 0 saturated carbocycles. The number of carbonyl (C=O) groups is 2. The van der Waals surface area contributed by atoms with E-state index in [9.17, 15) is 9.59 Å². The molecule has 49 heavy (non-hydrogen) atoms. The molecular weight excluding hydrogens is 625 g/mol. The zero-order chi connectivity index (χ0) is 35.0. The van der Waals surface area contributed by atoms with E-state index in [1.165, 1.54) is 25.0 Å². The smallest absolute Gasteiger partial charge is 0.319 e. The van der Waals surface area contributed by atoms with Crippen LogP contribution in [0.2, 0.25) is 0 Å². The third kappa shape index (κ3) is 12.6. The standard InChI is InChI=1S/C38H52FN5O5/c1-5-7-9-20-40-38(46)41-29-12-17-35(36(26-29)47-25-24-43(3)4)49-32-15-16-34(33(39)27-32)42-37(45)28-10-13-30(14-11-28)48-31-18-22-44(23-19-31)21-8-6-2/h10-17,26-27,31H,5-9,18-25H2,1-4H3,(H,42,45)(H2,40,41,46). The predicted molar refractivity (Wildman–Crippen MR) is 193 cm³/mol. The molecule has 0 atom stereocenters. The van der Waals surface area contributed by atoms with Crippen molar-refractivity contribution in [1.29, 1.82) is 0 Å². The fourth-order valence-corrected chi connectivity index (χ4v) is 5.37. The number of halogens is 1. The van der Waals surface area contributed by atoms with Crippen LogP contribution in [-0.2, 0) is 0 Å². The lowest BCUT2D eigenvalue weighted by Crippen LogP contribution is -2.38. The zero-order valence-electron chi connectivity index (χ0n) is 29.4. The highest BCUT2D eigenvalue weighted by atomic mass is 19.1. The van der Waals surface area contributed by atoms with Crippen molar-refractivity contribution in [3.63, 3.8) is 0 Å². The van der Waals surface area contributed by atoms with Gasteiger partial charge in [0.1, 0.15) is 30.0 Å². The first kappa shape index (κ1) is 37.5. The van der Waals surface area contributed by atoms with Crippen molar-refractivity contribution in [3.8, 4) is 23.0 Å². The van der Waals surface area contributed by atoms with Gasteiger partial charge in [0.25, 0.3) is 5.91 Å². The third-order valence-electron chi connectivity index (χ3n) is 8.26. The number of urea groups is 1. The van der Waals surface area contributed by atoms with Crippen LogP contribution >= 0.6 is 0 Å². The van der Waals surface area contributed by atoms with Gasteiger partial charge in [0, 0.05) is 49.6 Å². The SMILES string of the molecule is CCCCCNC(=O)Nc1ccc(Oc2ccc(NC(=O)c3ccc(OC4CCN(CCCC)CC4)cc3)c(F)c2)c(OCCN(C)C)c1. The van der Waals surface area contributed by atoms with Crippen LogP contribution in [0.3, 0.4) is 0 Å². The molecule has 1 heterocycles. The largest absolute Gasteiger partial charge is 0.490 e. The highest BCUT2D eigenvalue weighted by Crippen LogP contribution is 2.35. The van der Waals surface area contributed by atoms with Gasteiger partial charge < -0.3 is 40.0 Å². The summed E-state index contributed by atoms with van der Waals surface area (Å²) in [6.45, 7) is 9.16. The number of rotatable bonds is 18. The molecule has 1 aliphatic rings. The summed E-state index contributed by atoms with van der Waals surface area (Å²) in [6.07, 6.45) is 7.58. The Morgan fingerprint density at radius 3 is 2.31 bits per heavy atom. The van der Waals surface area contributed by atoms with Gasteiger partial charge in [-0.3, -0.25) is 4.79 Å². The maximum atomic E-state index is 15.2. The Balaban J connectivity index is 1.34. The predicted octanol–water partition coefficient (Wildman–Crippen LogP) is 7.77. The highest BCUT2D eigenvalue weighted by molar-refractivity contribution is 6.04. The number of hydrogen-bond donors (Lipinski definition) is 3. The lowest BCUT2D eigenvalue weighted by Gasteiger charge is -2.32. The molecule has 1 saturated heterocycles. The van der Waals surface area contributed by atoms with Crippen LogP contribution in [-0.4, -0.2) is 81.3 Å². The maximum absolute atomic E-state index is 15.2. The number of nitrogens with one attached hydrogen (secondary N) is 3. The molecule has 10 nitrogen and oxygen atoms in total.